The maximum absolute atomic E-state index is 13.1. The van der Waals surface area contributed by atoms with Gasteiger partial charge in [0.25, 0.3) is 0 Å². The van der Waals surface area contributed by atoms with Gasteiger partial charge in [-0.2, -0.15) is 0 Å². The molecular weight excluding hydrogens is 971 g/mol. The second kappa shape index (κ2) is 25.0. The van der Waals surface area contributed by atoms with E-state index >= 15 is 0 Å². The molecule has 0 saturated heterocycles. The van der Waals surface area contributed by atoms with Crippen LogP contribution in [0.3, 0.4) is 0 Å². The van der Waals surface area contributed by atoms with Gasteiger partial charge in [-0.15, -0.1) is 0 Å². The zero-order valence-electron chi connectivity index (χ0n) is 36.8. The van der Waals surface area contributed by atoms with E-state index in [-0.39, 0.29) is 44.3 Å². The first-order chi connectivity index (χ1) is 31.5. The Hall–Kier alpha value is -7.90. The van der Waals surface area contributed by atoms with Gasteiger partial charge in [0, 0.05) is 63.7 Å². The van der Waals surface area contributed by atoms with Crippen LogP contribution in [-0.2, 0) is 32.7 Å². The first-order valence-electron chi connectivity index (χ1n) is 18.1. The number of fused-ring (bicyclic) bond motifs is 4. The van der Waals surface area contributed by atoms with E-state index < -0.39 is 15.3 Å². The molecule has 2 aliphatic rings. The molecule has 26 heteroatoms. The summed E-state index contributed by atoms with van der Waals surface area (Å²) in [4.78, 5) is 59.6. The minimum atomic E-state index is -1.75. The van der Waals surface area contributed by atoms with Crippen molar-refractivity contribution in [2.45, 2.75) is 0 Å². The molecule has 2 aliphatic carbocycles. The molecule has 25 nitrogen and oxygen atoms in total. The van der Waals surface area contributed by atoms with Crippen molar-refractivity contribution in [1.82, 2.24) is 9.97 Å². The van der Waals surface area contributed by atoms with Crippen LogP contribution in [0, 0.1) is 46.0 Å². The van der Waals surface area contributed by atoms with Gasteiger partial charge in [0.2, 0.25) is 11.6 Å². The van der Waals surface area contributed by atoms with Crippen LogP contribution in [0.4, 0.5) is 0 Å². The quantitative estimate of drug-likeness (QED) is 0.138. The molecule has 8 rings (SSSR count). The molecule has 0 bridgehead atoms. The summed E-state index contributed by atoms with van der Waals surface area (Å²) in [6.45, 7) is 0. The van der Waals surface area contributed by atoms with Crippen molar-refractivity contribution in [3.05, 3.63) is 129 Å². The molecule has 0 fully saturated rings. The zero-order chi connectivity index (χ0) is 49.6. The summed E-state index contributed by atoms with van der Waals surface area (Å²) in [5.41, 5.74) is 4.68. The average molecular weight is 1010 g/mol. The van der Waals surface area contributed by atoms with Gasteiger partial charge in [0.15, 0.2) is 46.0 Å². The third-order valence-electron chi connectivity index (χ3n) is 9.29. The van der Waals surface area contributed by atoms with Gasteiger partial charge in [-0.25, -0.2) is 0 Å². The van der Waals surface area contributed by atoms with Crippen LogP contribution in [-0.4, -0.2) is 106 Å². The fraction of sp³-hybridized carbons (Fsp3) is 0.220. The smallest absolute Gasteiger partial charge is 0.493 e. The van der Waals surface area contributed by atoms with Crippen molar-refractivity contribution >= 4 is 33.1 Å². The number of ether oxygens (including phenoxy) is 8. The fourth-order valence-electron chi connectivity index (χ4n) is 6.98. The van der Waals surface area contributed by atoms with Crippen molar-refractivity contribution in [1.29, 1.82) is 0 Å². The number of carbonyl (C=O) groups excluding carboxylic acids is 2. The molecule has 1 N–H and O–H groups in total. The molecule has 4 aromatic carbocycles. The standard InChI is InChI=1S/2C20H17NO5.CH4O.3NO3.Y/c2*1-23-13-8-11-12(9-14(13)24-2)19(22)18-16-10(5-6-21-18)7-15(25-3)20(26-4)17(11)16;1-2;3*2-1(3)4;/h2*5-9H,1-4H3;2H,1H3;;;;/q;;;3*-1;+3. The molecule has 67 heavy (non-hydrogen) atoms. The summed E-state index contributed by atoms with van der Waals surface area (Å²) in [5.74, 6) is 3.98. The van der Waals surface area contributed by atoms with Gasteiger partial charge in [0.1, 0.15) is 11.4 Å². The molecule has 350 valence electrons. The number of hydrogen-bond acceptors (Lipinski definition) is 22. The van der Waals surface area contributed by atoms with Gasteiger partial charge in [-0.05, 0) is 59.3 Å². The van der Waals surface area contributed by atoms with Crippen molar-refractivity contribution in [3.8, 4) is 68.2 Å². The number of pyridine rings is 2. The van der Waals surface area contributed by atoms with Crippen LogP contribution >= 0.6 is 0 Å². The number of rotatable bonds is 8. The number of benzene rings is 4. The summed E-state index contributed by atoms with van der Waals surface area (Å²) in [6, 6.07) is 14.3. The molecule has 0 unspecified atom stereocenters. The fourth-order valence-corrected chi connectivity index (χ4v) is 6.98. The Labute approximate surface area is 403 Å². The third-order valence-corrected chi connectivity index (χ3v) is 9.29. The second-order valence-corrected chi connectivity index (χ2v) is 12.3. The maximum Gasteiger partial charge on any atom is 3.00 e. The monoisotopic (exact) mass is 1010 g/mol. The molecule has 0 radical (unpaired) electrons. The summed E-state index contributed by atoms with van der Waals surface area (Å²) in [6.07, 6.45) is 3.24. The number of hydrogen-bond donors (Lipinski definition) is 1. The zero-order valence-corrected chi connectivity index (χ0v) is 39.6. The number of methoxy groups -OCH3 is 8. The second-order valence-electron chi connectivity index (χ2n) is 12.3. The largest absolute Gasteiger partial charge is 3.00 e. The van der Waals surface area contributed by atoms with Crippen molar-refractivity contribution in [2.75, 3.05) is 64.0 Å². The average Bonchev–Trinajstić information content (AvgIpc) is 3.30. The van der Waals surface area contributed by atoms with Crippen LogP contribution < -0.4 is 37.9 Å². The molecule has 0 saturated carbocycles. The van der Waals surface area contributed by atoms with E-state index in [0.717, 1.165) is 39.8 Å². The normalized spacial score (nSPS) is 10.4. The minimum Gasteiger partial charge on any atom is -0.493 e. The van der Waals surface area contributed by atoms with Crippen LogP contribution in [0.2, 0.25) is 0 Å². The first-order valence-corrected chi connectivity index (χ1v) is 18.1. The van der Waals surface area contributed by atoms with Gasteiger partial charge in [-0.1, -0.05) is 0 Å². The summed E-state index contributed by atoms with van der Waals surface area (Å²) in [5, 5.41) is 54.5. The number of aliphatic hydroxyl groups excluding tert-OH is 1. The maximum atomic E-state index is 13.1. The number of carbonyl (C=O) groups is 2. The first kappa shape index (κ1) is 55.2. The van der Waals surface area contributed by atoms with E-state index in [1.807, 2.05) is 24.3 Å². The van der Waals surface area contributed by atoms with Crippen LogP contribution in [0.1, 0.15) is 32.1 Å². The predicted molar refractivity (Wildman–Crippen MR) is 233 cm³/mol. The minimum absolute atomic E-state index is 0. The Morgan fingerprint density at radius 2 is 0.687 bits per heavy atom. The van der Waals surface area contributed by atoms with E-state index in [9.17, 15) is 9.59 Å². The Kier molecular flexibility index (Phi) is 20.6. The van der Waals surface area contributed by atoms with E-state index in [4.69, 9.17) is 89.0 Å². The number of nitrogens with zero attached hydrogens (tertiary/aromatic N) is 5. The van der Waals surface area contributed by atoms with Gasteiger partial charge in [-0.3, -0.25) is 19.6 Å². The Bertz CT molecular complexity index is 2600. The van der Waals surface area contributed by atoms with E-state index in [0.29, 0.717) is 79.6 Å². The molecule has 6 aromatic rings. The molecule has 0 spiro atoms. The molecule has 2 aromatic heterocycles. The predicted octanol–water partition coefficient (Wildman–Crippen LogP) is 5.85. The SMILES string of the molecule is CO.COc1cc2c(cc1OC)-c1c(OC)c(OC)cc3ccnc(c13)C2=O.COc1cc2c(cc1OC)-c1c(OC)c(OC)cc3ccnc(c13)C2=O.O=[N+]([O-])[O-].O=[N+]([O-])[O-].O=[N+]([O-])[O-].[Y+3]. The topological polar surface area (TPSA) is 353 Å². The van der Waals surface area contributed by atoms with Crippen molar-refractivity contribution < 1.29 is 101 Å². The van der Waals surface area contributed by atoms with E-state index in [2.05, 4.69) is 9.97 Å². The molecule has 0 atom stereocenters. The van der Waals surface area contributed by atoms with Crippen molar-refractivity contribution in [3.63, 3.8) is 0 Å². The van der Waals surface area contributed by atoms with Crippen LogP contribution in [0.15, 0.2) is 60.9 Å². The molecule has 2 heterocycles. The third kappa shape index (κ3) is 11.9. The van der Waals surface area contributed by atoms with Crippen LogP contribution in [0.25, 0.3) is 43.8 Å². The Balaban J connectivity index is 0.000000357. The number of ketones is 2. The van der Waals surface area contributed by atoms with Crippen molar-refractivity contribution in [2.24, 2.45) is 0 Å². The van der Waals surface area contributed by atoms with Gasteiger partial charge >= 0.3 is 32.7 Å². The molecule has 0 aliphatic heterocycles. The Morgan fingerprint density at radius 3 is 0.925 bits per heavy atom. The summed E-state index contributed by atoms with van der Waals surface area (Å²) < 4.78 is 43.9. The van der Waals surface area contributed by atoms with E-state index in [1.165, 1.54) is 14.2 Å². The summed E-state index contributed by atoms with van der Waals surface area (Å²) in [7, 11) is 13.5. The van der Waals surface area contributed by atoms with Gasteiger partial charge < -0.3 is 89.0 Å². The molecule has 0 amide bonds. The van der Waals surface area contributed by atoms with Gasteiger partial charge in [0.05, 0.1) is 72.1 Å². The number of aromatic nitrogens is 2. The Morgan fingerprint density at radius 1 is 0.433 bits per heavy atom. The molecular formula is C41H38N5O20Y. The number of aliphatic hydroxyl groups is 1. The summed E-state index contributed by atoms with van der Waals surface area (Å²) >= 11 is 0. The van der Waals surface area contributed by atoms with E-state index in [1.54, 1.807) is 79.3 Å². The van der Waals surface area contributed by atoms with Crippen LogP contribution in [0.5, 0.6) is 46.0 Å².